The van der Waals surface area contributed by atoms with E-state index in [1.807, 2.05) is 12.1 Å². The van der Waals surface area contributed by atoms with E-state index < -0.39 is 0 Å². The van der Waals surface area contributed by atoms with Crippen molar-refractivity contribution in [3.8, 4) is 17.1 Å². The van der Waals surface area contributed by atoms with E-state index in [1.54, 1.807) is 7.11 Å². The minimum Gasteiger partial charge on any atom is -0.496 e. The molecule has 1 aliphatic rings. The fourth-order valence-corrected chi connectivity index (χ4v) is 2.85. The van der Waals surface area contributed by atoms with Crippen molar-refractivity contribution < 1.29 is 9.26 Å². The van der Waals surface area contributed by atoms with Crippen LogP contribution in [0.3, 0.4) is 0 Å². The Morgan fingerprint density at radius 3 is 2.77 bits per heavy atom. The van der Waals surface area contributed by atoms with E-state index in [-0.39, 0.29) is 6.54 Å². The number of hydrogen-bond acceptors (Lipinski definition) is 6. The number of hydrogen-bond donors (Lipinski definition) is 1. The van der Waals surface area contributed by atoms with Gasteiger partial charge in [0.2, 0.25) is 11.7 Å². The van der Waals surface area contributed by atoms with Crippen molar-refractivity contribution in [3.63, 3.8) is 0 Å². The molecule has 2 aromatic rings. The van der Waals surface area contributed by atoms with Gasteiger partial charge in [-0.05, 0) is 44.1 Å². The Balaban J connectivity index is 1.84. The summed E-state index contributed by atoms with van der Waals surface area (Å²) in [6, 6.07) is 6.00. The fraction of sp³-hybridized carbons (Fsp3) is 0.500. The van der Waals surface area contributed by atoms with Gasteiger partial charge in [-0.15, -0.1) is 0 Å². The predicted molar refractivity (Wildman–Crippen MR) is 83.3 cm³/mol. The molecular formula is C16H22N4O2. The van der Waals surface area contributed by atoms with Crippen LogP contribution in [0, 0.1) is 0 Å². The SMILES string of the molecule is COc1ccc(-c2noc(CN)n2)cc1CN1CCCCC1. The number of benzene rings is 1. The van der Waals surface area contributed by atoms with Crippen LogP contribution in [0.4, 0.5) is 0 Å². The van der Waals surface area contributed by atoms with E-state index in [4.69, 9.17) is 15.0 Å². The summed E-state index contributed by atoms with van der Waals surface area (Å²) in [6.07, 6.45) is 3.87. The number of nitrogens with two attached hydrogens (primary N) is 1. The second-order valence-corrected chi connectivity index (χ2v) is 5.58. The third-order valence-corrected chi connectivity index (χ3v) is 4.02. The van der Waals surface area contributed by atoms with Gasteiger partial charge in [-0.3, -0.25) is 4.90 Å². The van der Waals surface area contributed by atoms with Crippen LogP contribution in [0.5, 0.6) is 5.75 Å². The van der Waals surface area contributed by atoms with E-state index in [0.717, 1.165) is 36.5 Å². The van der Waals surface area contributed by atoms with E-state index in [2.05, 4.69) is 21.1 Å². The van der Waals surface area contributed by atoms with Gasteiger partial charge in [0, 0.05) is 17.7 Å². The normalized spacial score (nSPS) is 15.9. The molecule has 1 aromatic carbocycles. The molecule has 0 unspecified atom stereocenters. The largest absolute Gasteiger partial charge is 0.496 e. The van der Waals surface area contributed by atoms with E-state index in [0.29, 0.717) is 11.7 Å². The third kappa shape index (κ3) is 3.28. The van der Waals surface area contributed by atoms with Gasteiger partial charge >= 0.3 is 0 Å². The van der Waals surface area contributed by atoms with Crippen LogP contribution in [0.1, 0.15) is 30.7 Å². The fourth-order valence-electron chi connectivity index (χ4n) is 2.85. The predicted octanol–water partition coefficient (Wildman–Crippen LogP) is 2.19. The monoisotopic (exact) mass is 302 g/mol. The van der Waals surface area contributed by atoms with Gasteiger partial charge in [0.25, 0.3) is 0 Å². The number of likely N-dealkylation sites (tertiary alicyclic amines) is 1. The number of ether oxygens (including phenoxy) is 1. The minimum atomic E-state index is 0.254. The topological polar surface area (TPSA) is 77.4 Å². The van der Waals surface area contributed by atoms with Gasteiger partial charge in [-0.25, -0.2) is 0 Å². The molecule has 0 saturated carbocycles. The maximum absolute atomic E-state index is 5.52. The first-order valence-electron chi connectivity index (χ1n) is 7.72. The quantitative estimate of drug-likeness (QED) is 0.912. The summed E-state index contributed by atoms with van der Waals surface area (Å²) in [6.45, 7) is 3.43. The first-order valence-corrected chi connectivity index (χ1v) is 7.72. The lowest BCUT2D eigenvalue weighted by molar-refractivity contribution is 0.218. The Labute approximate surface area is 130 Å². The van der Waals surface area contributed by atoms with Gasteiger partial charge in [-0.2, -0.15) is 4.98 Å². The lowest BCUT2D eigenvalue weighted by Gasteiger charge is -2.27. The molecule has 2 heterocycles. The van der Waals surface area contributed by atoms with Crippen LogP contribution in [-0.4, -0.2) is 35.2 Å². The Hall–Kier alpha value is -1.92. The summed E-state index contributed by atoms with van der Waals surface area (Å²) < 4.78 is 10.6. The van der Waals surface area contributed by atoms with Crippen molar-refractivity contribution >= 4 is 0 Å². The average Bonchev–Trinajstić information content (AvgIpc) is 3.05. The maximum Gasteiger partial charge on any atom is 0.240 e. The van der Waals surface area contributed by atoms with Crippen molar-refractivity contribution in [1.29, 1.82) is 0 Å². The number of methoxy groups -OCH3 is 1. The summed E-state index contributed by atoms with van der Waals surface area (Å²) >= 11 is 0. The second-order valence-electron chi connectivity index (χ2n) is 5.58. The van der Waals surface area contributed by atoms with Gasteiger partial charge in [0.05, 0.1) is 13.7 Å². The molecule has 2 N–H and O–H groups in total. The zero-order valence-corrected chi connectivity index (χ0v) is 12.9. The highest BCUT2D eigenvalue weighted by atomic mass is 16.5. The molecule has 1 aromatic heterocycles. The number of piperidine rings is 1. The van der Waals surface area contributed by atoms with Gasteiger partial charge in [0.1, 0.15) is 5.75 Å². The maximum atomic E-state index is 5.52. The molecule has 1 saturated heterocycles. The van der Waals surface area contributed by atoms with Crippen LogP contribution in [0.2, 0.25) is 0 Å². The number of aromatic nitrogens is 2. The molecule has 118 valence electrons. The Kier molecular flexibility index (Phi) is 4.70. The molecule has 0 spiro atoms. The second kappa shape index (κ2) is 6.89. The Morgan fingerprint density at radius 1 is 1.27 bits per heavy atom. The summed E-state index contributed by atoms with van der Waals surface area (Å²) in [5.41, 5.74) is 7.60. The highest BCUT2D eigenvalue weighted by Gasteiger charge is 2.15. The zero-order valence-electron chi connectivity index (χ0n) is 12.9. The molecule has 22 heavy (non-hydrogen) atoms. The summed E-state index contributed by atoms with van der Waals surface area (Å²) in [5.74, 6) is 1.92. The molecule has 1 aliphatic heterocycles. The lowest BCUT2D eigenvalue weighted by atomic mass is 10.1. The molecule has 3 rings (SSSR count). The highest BCUT2D eigenvalue weighted by Crippen LogP contribution is 2.27. The number of rotatable bonds is 5. The summed E-state index contributed by atoms with van der Waals surface area (Å²) in [4.78, 5) is 6.75. The Bertz CT molecular complexity index is 620. The van der Waals surface area contributed by atoms with E-state index in [9.17, 15) is 0 Å². The highest BCUT2D eigenvalue weighted by molar-refractivity contribution is 5.58. The third-order valence-electron chi connectivity index (χ3n) is 4.02. The standard InChI is InChI=1S/C16H22N4O2/c1-21-14-6-5-12(16-18-15(10-17)22-19-16)9-13(14)11-20-7-3-2-4-8-20/h5-6,9H,2-4,7-8,10-11,17H2,1H3. The van der Waals surface area contributed by atoms with Gasteiger partial charge in [-0.1, -0.05) is 11.6 Å². The first-order chi connectivity index (χ1) is 10.8. The van der Waals surface area contributed by atoms with Crippen LogP contribution in [0.15, 0.2) is 22.7 Å². The van der Waals surface area contributed by atoms with Crippen molar-refractivity contribution in [2.24, 2.45) is 5.73 Å². The lowest BCUT2D eigenvalue weighted by Crippen LogP contribution is -2.29. The zero-order chi connectivity index (χ0) is 15.4. The molecule has 0 amide bonds. The van der Waals surface area contributed by atoms with Crippen LogP contribution < -0.4 is 10.5 Å². The minimum absolute atomic E-state index is 0.254. The molecule has 6 heteroatoms. The number of nitrogens with zero attached hydrogens (tertiary/aromatic N) is 3. The Morgan fingerprint density at radius 2 is 2.09 bits per heavy atom. The van der Waals surface area contributed by atoms with Crippen molar-refractivity contribution in [3.05, 3.63) is 29.7 Å². The van der Waals surface area contributed by atoms with E-state index in [1.165, 1.54) is 19.3 Å². The molecular weight excluding hydrogens is 280 g/mol. The molecule has 0 aliphatic carbocycles. The summed E-state index contributed by atoms with van der Waals surface area (Å²) in [7, 11) is 1.70. The molecule has 1 fully saturated rings. The van der Waals surface area contributed by atoms with Crippen molar-refractivity contribution in [2.75, 3.05) is 20.2 Å². The van der Waals surface area contributed by atoms with Crippen molar-refractivity contribution in [2.45, 2.75) is 32.4 Å². The summed E-state index contributed by atoms with van der Waals surface area (Å²) in [5, 5.41) is 3.98. The van der Waals surface area contributed by atoms with Crippen LogP contribution >= 0.6 is 0 Å². The first kappa shape index (κ1) is 15.0. The van der Waals surface area contributed by atoms with Crippen LogP contribution in [0.25, 0.3) is 11.4 Å². The van der Waals surface area contributed by atoms with Crippen LogP contribution in [-0.2, 0) is 13.1 Å². The molecule has 0 bridgehead atoms. The molecule has 0 radical (unpaired) electrons. The average molecular weight is 302 g/mol. The van der Waals surface area contributed by atoms with Gasteiger partial charge < -0.3 is 15.0 Å². The smallest absolute Gasteiger partial charge is 0.240 e. The molecule has 0 atom stereocenters. The molecule has 6 nitrogen and oxygen atoms in total. The van der Waals surface area contributed by atoms with Crippen molar-refractivity contribution in [1.82, 2.24) is 15.0 Å². The van der Waals surface area contributed by atoms with E-state index >= 15 is 0 Å². The van der Waals surface area contributed by atoms with Gasteiger partial charge in [0.15, 0.2) is 0 Å².